The van der Waals surface area contributed by atoms with E-state index >= 15 is 0 Å². The van der Waals surface area contributed by atoms with Crippen LogP contribution in [0.3, 0.4) is 0 Å². The molecule has 1 aromatic carbocycles. The highest BCUT2D eigenvalue weighted by Crippen LogP contribution is 2.64. The van der Waals surface area contributed by atoms with Crippen LogP contribution in [0.5, 0.6) is 0 Å². The molecule has 2 amide bonds. The molecule has 2 bridgehead atoms. The predicted molar refractivity (Wildman–Crippen MR) is 154 cm³/mol. The standard InChI is InChI=1S/C31H41ClN2O6/c1-4-7-11-21-39-29(38)25-24-27(36)34(19-9-8-10-20-35)26(31(24)17-16-30(25,6-3)40-31)28(37)33(18-5-2)23-14-12-22(32)13-15-23/h4-5,12-15,24-26,35H,1-2,6-11,16-21H2,3H3/t24-,25+,26?,30-,31?/m0/s1. The molecule has 3 aliphatic heterocycles. The maximum Gasteiger partial charge on any atom is 0.312 e. The molecule has 3 heterocycles. The van der Waals surface area contributed by atoms with Crippen LogP contribution >= 0.6 is 11.6 Å². The van der Waals surface area contributed by atoms with E-state index in [4.69, 9.17) is 21.1 Å². The normalized spacial score (nSPS) is 28.4. The second-order valence-corrected chi connectivity index (χ2v) is 11.4. The molecule has 0 aliphatic carbocycles. The van der Waals surface area contributed by atoms with E-state index in [1.807, 2.05) is 6.92 Å². The molecular weight excluding hydrogens is 532 g/mol. The number of hydrogen-bond donors (Lipinski definition) is 1. The maximum atomic E-state index is 14.5. The molecule has 4 rings (SSSR count). The Balaban J connectivity index is 1.73. The molecule has 1 aromatic rings. The van der Waals surface area contributed by atoms with Gasteiger partial charge >= 0.3 is 5.97 Å². The van der Waals surface area contributed by atoms with E-state index < -0.39 is 35.0 Å². The van der Waals surface area contributed by atoms with Gasteiger partial charge in [-0.2, -0.15) is 0 Å². The van der Waals surface area contributed by atoms with Gasteiger partial charge in [0.25, 0.3) is 5.91 Å². The Bertz CT molecular complexity index is 1110. The van der Waals surface area contributed by atoms with E-state index in [1.165, 1.54) is 0 Å². The van der Waals surface area contributed by atoms with Crippen LogP contribution in [0.1, 0.15) is 58.3 Å². The monoisotopic (exact) mass is 572 g/mol. The summed E-state index contributed by atoms with van der Waals surface area (Å²) < 4.78 is 12.5. The van der Waals surface area contributed by atoms with Crippen molar-refractivity contribution in [1.29, 1.82) is 0 Å². The van der Waals surface area contributed by atoms with Gasteiger partial charge in [0.15, 0.2) is 0 Å². The number of rotatable bonds is 15. The molecule has 1 spiro atoms. The summed E-state index contributed by atoms with van der Waals surface area (Å²) in [4.78, 5) is 45.5. The summed E-state index contributed by atoms with van der Waals surface area (Å²) in [6, 6.07) is 6.07. The zero-order valence-electron chi connectivity index (χ0n) is 23.4. The van der Waals surface area contributed by atoms with Gasteiger partial charge in [0.05, 0.1) is 18.1 Å². The van der Waals surface area contributed by atoms with Crippen LogP contribution in [0.4, 0.5) is 5.69 Å². The molecule has 0 saturated carbocycles. The number of fused-ring (bicyclic) bond motifs is 1. The first kappa shape index (κ1) is 30.3. The van der Waals surface area contributed by atoms with Crippen LogP contribution in [-0.4, -0.2) is 71.3 Å². The molecule has 218 valence electrons. The zero-order valence-corrected chi connectivity index (χ0v) is 24.1. The van der Waals surface area contributed by atoms with Crippen molar-refractivity contribution in [2.45, 2.75) is 75.5 Å². The summed E-state index contributed by atoms with van der Waals surface area (Å²) in [6.45, 7) is 10.4. The average molecular weight is 573 g/mol. The first-order valence-corrected chi connectivity index (χ1v) is 14.7. The van der Waals surface area contributed by atoms with Gasteiger partial charge in [-0.1, -0.05) is 30.7 Å². The van der Waals surface area contributed by atoms with Gasteiger partial charge in [0.2, 0.25) is 5.91 Å². The molecule has 9 heteroatoms. The van der Waals surface area contributed by atoms with Crippen LogP contribution in [0.25, 0.3) is 0 Å². The highest BCUT2D eigenvalue weighted by atomic mass is 35.5. The Morgan fingerprint density at radius 3 is 2.58 bits per heavy atom. The minimum absolute atomic E-state index is 0.0639. The van der Waals surface area contributed by atoms with Crippen molar-refractivity contribution in [2.75, 3.05) is 31.2 Å². The molecule has 5 atom stereocenters. The number of aliphatic hydroxyl groups excluding tert-OH is 1. The Hall–Kier alpha value is -2.68. The Morgan fingerprint density at radius 1 is 1.18 bits per heavy atom. The number of hydrogen-bond acceptors (Lipinski definition) is 6. The summed E-state index contributed by atoms with van der Waals surface area (Å²) in [7, 11) is 0. The van der Waals surface area contributed by atoms with E-state index in [1.54, 1.807) is 46.2 Å². The van der Waals surface area contributed by atoms with Crippen molar-refractivity contribution >= 4 is 35.1 Å². The second-order valence-electron chi connectivity index (χ2n) is 11.0. The Kier molecular flexibility index (Phi) is 9.75. The molecule has 0 radical (unpaired) electrons. The van der Waals surface area contributed by atoms with E-state index in [0.29, 0.717) is 62.2 Å². The van der Waals surface area contributed by atoms with Crippen molar-refractivity contribution in [2.24, 2.45) is 11.8 Å². The van der Waals surface area contributed by atoms with Crippen LogP contribution in [0.2, 0.25) is 5.02 Å². The Labute approximate surface area is 241 Å². The lowest BCUT2D eigenvalue weighted by molar-refractivity contribution is -0.161. The first-order valence-electron chi connectivity index (χ1n) is 14.4. The lowest BCUT2D eigenvalue weighted by Crippen LogP contribution is -2.56. The lowest BCUT2D eigenvalue weighted by atomic mass is 9.65. The number of likely N-dealkylation sites (tertiary alicyclic amines) is 1. The average Bonchev–Trinajstić information content (AvgIpc) is 3.56. The molecule has 2 unspecified atom stereocenters. The molecule has 40 heavy (non-hydrogen) atoms. The quantitative estimate of drug-likeness (QED) is 0.186. The number of carbonyl (C=O) groups is 3. The molecule has 8 nitrogen and oxygen atoms in total. The second kappa shape index (κ2) is 12.9. The third-order valence-corrected chi connectivity index (χ3v) is 8.99. The first-order chi connectivity index (χ1) is 19.3. The highest BCUT2D eigenvalue weighted by molar-refractivity contribution is 6.30. The van der Waals surface area contributed by atoms with Gasteiger partial charge in [-0.3, -0.25) is 14.4 Å². The van der Waals surface area contributed by atoms with Crippen LogP contribution in [0, 0.1) is 11.8 Å². The predicted octanol–water partition coefficient (Wildman–Crippen LogP) is 4.69. The van der Waals surface area contributed by atoms with E-state index in [0.717, 1.165) is 6.42 Å². The molecule has 3 saturated heterocycles. The minimum atomic E-state index is -1.13. The SMILES string of the molecule is C=CCCCOC(=O)[C@H]1[C@H]2C(=O)N(CCCCCO)C(C(=O)N(CC=C)c3ccc(Cl)cc3)C23CC[C@]1(CC)O3. The zero-order chi connectivity index (χ0) is 28.9. The van der Waals surface area contributed by atoms with E-state index in [9.17, 15) is 19.5 Å². The Morgan fingerprint density at radius 2 is 1.93 bits per heavy atom. The molecule has 3 fully saturated rings. The number of benzene rings is 1. The van der Waals surface area contributed by atoms with Crippen molar-refractivity contribution in [3.8, 4) is 0 Å². The lowest BCUT2D eigenvalue weighted by Gasteiger charge is -2.37. The highest BCUT2D eigenvalue weighted by Gasteiger charge is 2.79. The van der Waals surface area contributed by atoms with Gasteiger partial charge in [-0.25, -0.2) is 0 Å². The van der Waals surface area contributed by atoms with Gasteiger partial charge in [-0.05, 0) is 75.6 Å². The third-order valence-electron chi connectivity index (χ3n) is 8.74. The fourth-order valence-corrected chi connectivity index (χ4v) is 7.00. The number of amides is 2. The number of unbranched alkanes of at least 4 members (excludes halogenated alkanes) is 3. The summed E-state index contributed by atoms with van der Waals surface area (Å²) in [5.41, 5.74) is -1.34. The number of carbonyl (C=O) groups excluding carboxylic acids is 3. The van der Waals surface area contributed by atoms with Crippen molar-refractivity contribution in [1.82, 2.24) is 4.90 Å². The van der Waals surface area contributed by atoms with Crippen molar-refractivity contribution in [3.63, 3.8) is 0 Å². The molecule has 0 aromatic heterocycles. The largest absolute Gasteiger partial charge is 0.465 e. The minimum Gasteiger partial charge on any atom is -0.465 e. The van der Waals surface area contributed by atoms with E-state index in [2.05, 4.69) is 13.2 Å². The van der Waals surface area contributed by atoms with Crippen molar-refractivity contribution < 1.29 is 29.0 Å². The smallest absolute Gasteiger partial charge is 0.312 e. The fourth-order valence-electron chi connectivity index (χ4n) is 6.88. The maximum absolute atomic E-state index is 14.5. The number of ether oxygens (including phenoxy) is 2. The topological polar surface area (TPSA) is 96.4 Å². The molecule has 3 aliphatic rings. The van der Waals surface area contributed by atoms with Gasteiger partial charge < -0.3 is 24.4 Å². The number of allylic oxidation sites excluding steroid dienone is 1. The molecular formula is C31H41ClN2O6. The summed E-state index contributed by atoms with van der Waals surface area (Å²) in [5.74, 6) is -2.51. The van der Waals surface area contributed by atoms with Crippen molar-refractivity contribution in [3.05, 3.63) is 54.6 Å². The van der Waals surface area contributed by atoms with Gasteiger partial charge in [-0.15, -0.1) is 13.2 Å². The number of halogens is 1. The number of nitrogens with zero attached hydrogens (tertiary/aromatic N) is 2. The molecule has 1 N–H and O–H groups in total. The number of aliphatic hydroxyl groups is 1. The van der Waals surface area contributed by atoms with Crippen LogP contribution in [-0.2, 0) is 23.9 Å². The van der Waals surface area contributed by atoms with Gasteiger partial charge in [0, 0.05) is 30.4 Å². The summed E-state index contributed by atoms with van der Waals surface area (Å²) in [5, 5.41) is 9.81. The van der Waals surface area contributed by atoms with Gasteiger partial charge in [0.1, 0.15) is 17.6 Å². The fraction of sp³-hybridized carbons (Fsp3) is 0.581. The third kappa shape index (κ3) is 5.33. The van der Waals surface area contributed by atoms with E-state index in [-0.39, 0.29) is 31.6 Å². The number of anilines is 1. The summed E-state index contributed by atoms with van der Waals surface area (Å²) >= 11 is 6.12. The summed E-state index contributed by atoms with van der Waals surface area (Å²) in [6.07, 6.45) is 8.36. The number of esters is 1. The van der Waals surface area contributed by atoms with Crippen LogP contribution in [0.15, 0.2) is 49.6 Å². The van der Waals surface area contributed by atoms with Crippen LogP contribution < -0.4 is 4.90 Å².